The fourth-order valence-corrected chi connectivity index (χ4v) is 4.41. The molecule has 2 atom stereocenters. The van der Waals surface area contributed by atoms with E-state index in [2.05, 4.69) is 33.2 Å². The quantitative estimate of drug-likeness (QED) is 0.590. The third kappa shape index (κ3) is 4.44. The van der Waals surface area contributed by atoms with Crippen molar-refractivity contribution in [1.29, 1.82) is 0 Å². The molecule has 0 spiro atoms. The normalized spacial score (nSPS) is 24.9. The maximum Gasteiger partial charge on any atom is 0.317 e. The zero-order valence-corrected chi connectivity index (χ0v) is 16.8. The van der Waals surface area contributed by atoms with Crippen LogP contribution in [0, 0.1) is 5.92 Å². The summed E-state index contributed by atoms with van der Waals surface area (Å²) in [6, 6.07) is 10.3. The lowest BCUT2D eigenvalue weighted by Gasteiger charge is -2.34. The molecule has 0 aromatic heterocycles. The second kappa shape index (κ2) is 8.35. The molecule has 1 saturated carbocycles. The number of carbonyl (C=O) groups is 1. The highest BCUT2D eigenvalue weighted by Gasteiger charge is 2.47. The Hall–Kier alpha value is -1.35. The largest absolute Gasteiger partial charge is 0.455 e. The lowest BCUT2D eigenvalue weighted by Crippen LogP contribution is -2.44. The van der Waals surface area contributed by atoms with E-state index in [4.69, 9.17) is 4.74 Å². The molecule has 0 bridgehead atoms. The number of esters is 1. The summed E-state index contributed by atoms with van der Waals surface area (Å²) in [4.78, 5) is 13.2. The first-order valence-electron chi connectivity index (χ1n) is 10.0. The summed E-state index contributed by atoms with van der Waals surface area (Å²) in [5.41, 5.74) is 0.612. The van der Waals surface area contributed by atoms with Crippen LogP contribution in [0.5, 0.6) is 0 Å². The summed E-state index contributed by atoms with van der Waals surface area (Å²) >= 11 is 0. The van der Waals surface area contributed by atoms with E-state index in [1.165, 1.54) is 12.8 Å². The molecule has 3 rings (SSSR count). The molecule has 1 aromatic carbocycles. The van der Waals surface area contributed by atoms with Gasteiger partial charge in [0.15, 0.2) is 6.10 Å². The number of quaternary nitrogens is 1. The third-order valence-corrected chi connectivity index (χ3v) is 6.00. The highest BCUT2D eigenvalue weighted by molar-refractivity contribution is 5.83. The molecule has 2 fully saturated rings. The van der Waals surface area contributed by atoms with Gasteiger partial charge < -0.3 is 9.22 Å². The summed E-state index contributed by atoms with van der Waals surface area (Å²) < 4.78 is 6.97. The van der Waals surface area contributed by atoms with Crippen molar-refractivity contribution in [1.82, 2.24) is 0 Å². The Morgan fingerprint density at radius 2 is 1.68 bits per heavy atom. The second-order valence-electron chi connectivity index (χ2n) is 8.21. The van der Waals surface area contributed by atoms with Gasteiger partial charge in [0.25, 0.3) is 0 Å². The zero-order chi connectivity index (χ0) is 18.5. The summed E-state index contributed by atoms with van der Waals surface area (Å²) in [5, 5.41) is 0. The van der Waals surface area contributed by atoms with Crippen molar-refractivity contribution in [3.05, 3.63) is 35.9 Å². The lowest BCUT2D eigenvalue weighted by atomic mass is 9.71. The van der Waals surface area contributed by atoms with Gasteiger partial charge >= 0.3 is 5.97 Å². The number of benzene rings is 1. The Kier molecular flexibility index (Phi) is 6.67. The van der Waals surface area contributed by atoms with Crippen molar-refractivity contribution in [2.24, 2.45) is 5.92 Å². The molecule has 2 aliphatic rings. The topological polar surface area (TPSA) is 26.3 Å². The number of likely N-dealkylation sites (tertiary alicyclic amines) is 1. The third-order valence-electron chi connectivity index (χ3n) is 6.00. The van der Waals surface area contributed by atoms with E-state index < -0.39 is 5.41 Å². The summed E-state index contributed by atoms with van der Waals surface area (Å²) in [6.45, 7) is 8.13. The summed E-state index contributed by atoms with van der Waals surface area (Å²) in [5.74, 6) is 0.392. The van der Waals surface area contributed by atoms with Gasteiger partial charge in [-0.3, -0.25) is 4.79 Å². The molecule has 3 nitrogen and oxygen atoms in total. The molecule has 1 aliphatic carbocycles. The van der Waals surface area contributed by atoms with Gasteiger partial charge in [-0.25, -0.2) is 0 Å². The molecule has 140 valence electrons. The average molecular weight is 347 g/mol. The minimum absolute atomic E-state index is 0.0116. The van der Waals surface area contributed by atoms with Gasteiger partial charge in [-0.1, -0.05) is 57.0 Å². The van der Waals surface area contributed by atoms with Crippen molar-refractivity contribution in [2.75, 3.05) is 27.2 Å². The number of hydrogen-bond donors (Lipinski definition) is 0. The Balaban J connectivity index is 0.00000109. The Morgan fingerprint density at radius 1 is 1.08 bits per heavy atom. The van der Waals surface area contributed by atoms with Crippen LogP contribution >= 0.6 is 0 Å². The van der Waals surface area contributed by atoms with Crippen molar-refractivity contribution >= 4 is 5.97 Å². The smallest absolute Gasteiger partial charge is 0.317 e. The van der Waals surface area contributed by atoms with E-state index >= 15 is 0 Å². The maximum atomic E-state index is 13.2. The van der Waals surface area contributed by atoms with E-state index in [1.807, 2.05) is 32.0 Å². The number of hydrogen-bond acceptors (Lipinski definition) is 2. The molecule has 2 unspecified atom stereocenters. The van der Waals surface area contributed by atoms with Crippen molar-refractivity contribution in [2.45, 2.75) is 64.4 Å². The molecule has 1 aromatic rings. The molecule has 1 heterocycles. The minimum atomic E-state index is -0.502. The summed E-state index contributed by atoms with van der Waals surface area (Å²) in [6.07, 6.45) is 5.77. The molecule has 1 saturated heterocycles. The van der Waals surface area contributed by atoms with Gasteiger partial charge in [-0.15, -0.1) is 0 Å². The van der Waals surface area contributed by atoms with Gasteiger partial charge in [0.05, 0.1) is 26.1 Å². The number of ether oxygens (including phenoxy) is 1. The average Bonchev–Trinajstić information content (AvgIpc) is 3.26. The second-order valence-corrected chi connectivity index (χ2v) is 8.21. The van der Waals surface area contributed by atoms with Crippen LogP contribution in [0.15, 0.2) is 30.3 Å². The van der Waals surface area contributed by atoms with Crippen molar-refractivity contribution in [3.63, 3.8) is 0 Å². The number of carbonyl (C=O) groups excluding carboxylic acids is 1. The standard InChI is InChI=1S/C20H30NO2.C2H6/c1-20(17-11-7-8-12-17,16-9-5-4-6-10-16)19(22)23-18-13-14-21(2,3)15-18;1-2/h4-6,9-10,17-18H,7-8,11-15H2,1-3H3;1-2H3/q+1;. The predicted octanol–water partition coefficient (Wildman–Crippen LogP) is 4.55. The first-order chi connectivity index (χ1) is 11.9. The van der Waals surface area contributed by atoms with Gasteiger partial charge in [0.1, 0.15) is 6.54 Å². The first-order valence-corrected chi connectivity index (χ1v) is 10.0. The molecule has 0 radical (unpaired) electrons. The fraction of sp³-hybridized carbons (Fsp3) is 0.682. The minimum Gasteiger partial charge on any atom is -0.455 e. The van der Waals surface area contributed by atoms with Crippen LogP contribution in [-0.4, -0.2) is 43.7 Å². The molecular weight excluding hydrogens is 310 g/mol. The van der Waals surface area contributed by atoms with Crippen LogP contribution in [0.4, 0.5) is 0 Å². The maximum absolute atomic E-state index is 13.2. The number of likely N-dealkylation sites (N-methyl/N-ethyl adjacent to an activating group) is 1. The van der Waals surface area contributed by atoms with E-state index in [9.17, 15) is 4.79 Å². The lowest BCUT2D eigenvalue weighted by molar-refractivity contribution is -0.879. The van der Waals surface area contributed by atoms with Crippen LogP contribution in [0.1, 0.15) is 58.4 Å². The summed E-state index contributed by atoms with van der Waals surface area (Å²) in [7, 11) is 4.42. The van der Waals surface area contributed by atoms with E-state index in [-0.39, 0.29) is 12.1 Å². The molecule has 3 heteroatoms. The number of rotatable bonds is 4. The van der Waals surface area contributed by atoms with E-state index in [0.717, 1.165) is 42.4 Å². The van der Waals surface area contributed by atoms with Gasteiger partial charge in [0, 0.05) is 6.42 Å². The van der Waals surface area contributed by atoms with E-state index in [1.54, 1.807) is 0 Å². The van der Waals surface area contributed by atoms with Crippen LogP contribution in [-0.2, 0) is 14.9 Å². The van der Waals surface area contributed by atoms with Crippen molar-refractivity contribution in [3.8, 4) is 0 Å². The fourth-order valence-electron chi connectivity index (χ4n) is 4.41. The number of nitrogens with zero attached hydrogens (tertiary/aromatic N) is 1. The van der Waals surface area contributed by atoms with Gasteiger partial charge in [-0.2, -0.15) is 0 Å². The molecule has 0 amide bonds. The monoisotopic (exact) mass is 346 g/mol. The molecular formula is C22H36NO2+. The Labute approximate surface area is 154 Å². The zero-order valence-electron chi connectivity index (χ0n) is 16.8. The van der Waals surface area contributed by atoms with Crippen LogP contribution < -0.4 is 0 Å². The molecule has 1 aliphatic heterocycles. The van der Waals surface area contributed by atoms with Crippen LogP contribution in [0.3, 0.4) is 0 Å². The van der Waals surface area contributed by atoms with Crippen molar-refractivity contribution < 1.29 is 14.0 Å². The Morgan fingerprint density at radius 3 is 2.20 bits per heavy atom. The van der Waals surface area contributed by atoms with Gasteiger partial charge in [-0.05, 0) is 31.2 Å². The first kappa shape index (κ1) is 20.0. The molecule has 25 heavy (non-hydrogen) atoms. The van der Waals surface area contributed by atoms with Crippen LogP contribution in [0.2, 0.25) is 0 Å². The SMILES string of the molecule is CC.CC(C(=O)OC1CC[N+](C)(C)C1)(c1ccccc1)C1CCCC1. The highest BCUT2D eigenvalue weighted by atomic mass is 16.5. The van der Waals surface area contributed by atoms with E-state index in [0.29, 0.717) is 5.92 Å². The van der Waals surface area contributed by atoms with Crippen LogP contribution in [0.25, 0.3) is 0 Å². The Bertz CT molecular complexity index is 548. The predicted molar refractivity (Wildman–Crippen MR) is 103 cm³/mol. The highest BCUT2D eigenvalue weighted by Crippen LogP contribution is 2.43. The molecule has 0 N–H and O–H groups in total. The van der Waals surface area contributed by atoms with Gasteiger partial charge in [0.2, 0.25) is 0 Å².